The Kier molecular flexibility index (Phi) is 5.17. The van der Waals surface area contributed by atoms with E-state index in [1.807, 2.05) is 37.3 Å². The summed E-state index contributed by atoms with van der Waals surface area (Å²) in [6.45, 7) is 2.40. The zero-order chi connectivity index (χ0) is 15.2. The number of carbonyl (C=O) groups is 1. The molecule has 0 aromatic heterocycles. The standard InChI is InChI=1S/C17H21NO3/c1-12(18)14-10-9-13-6-3-4-7-15(13)17(14)21-11-5-8-16(19)20-2/h3-4,6-7,9-10,12H,5,8,11,18H2,1-2H3/t12-/m1/s1. The monoisotopic (exact) mass is 287 g/mol. The maximum absolute atomic E-state index is 11.1. The lowest BCUT2D eigenvalue weighted by Gasteiger charge is -2.16. The van der Waals surface area contributed by atoms with Crippen molar-refractivity contribution in [3.63, 3.8) is 0 Å². The van der Waals surface area contributed by atoms with Crippen LogP contribution in [0.4, 0.5) is 0 Å². The maximum Gasteiger partial charge on any atom is 0.305 e. The van der Waals surface area contributed by atoms with Crippen molar-refractivity contribution in [2.24, 2.45) is 5.73 Å². The molecule has 0 spiro atoms. The zero-order valence-electron chi connectivity index (χ0n) is 12.5. The minimum atomic E-state index is -0.219. The highest BCUT2D eigenvalue weighted by molar-refractivity contribution is 5.89. The Balaban J connectivity index is 2.19. The van der Waals surface area contributed by atoms with Gasteiger partial charge in [-0.15, -0.1) is 0 Å². The summed E-state index contributed by atoms with van der Waals surface area (Å²) in [5, 5.41) is 2.16. The van der Waals surface area contributed by atoms with E-state index in [2.05, 4.69) is 10.8 Å². The molecular weight excluding hydrogens is 266 g/mol. The molecule has 0 unspecified atom stereocenters. The Bertz CT molecular complexity index is 622. The summed E-state index contributed by atoms with van der Waals surface area (Å²) in [7, 11) is 1.39. The van der Waals surface area contributed by atoms with Crippen molar-refractivity contribution in [2.75, 3.05) is 13.7 Å². The number of benzene rings is 2. The van der Waals surface area contributed by atoms with E-state index in [-0.39, 0.29) is 12.0 Å². The quantitative estimate of drug-likeness (QED) is 0.654. The van der Waals surface area contributed by atoms with Crippen molar-refractivity contribution in [3.05, 3.63) is 42.0 Å². The predicted molar refractivity (Wildman–Crippen MR) is 83.3 cm³/mol. The number of nitrogens with two attached hydrogens (primary N) is 1. The molecule has 4 nitrogen and oxygen atoms in total. The lowest BCUT2D eigenvalue weighted by Crippen LogP contribution is -2.10. The van der Waals surface area contributed by atoms with E-state index in [1.54, 1.807) is 0 Å². The van der Waals surface area contributed by atoms with Crippen LogP contribution in [-0.2, 0) is 9.53 Å². The summed E-state index contributed by atoms with van der Waals surface area (Å²) in [4.78, 5) is 11.1. The third-order valence-electron chi connectivity index (χ3n) is 3.40. The predicted octanol–water partition coefficient (Wildman–Crippen LogP) is 3.19. The summed E-state index contributed by atoms with van der Waals surface area (Å²) < 4.78 is 10.5. The van der Waals surface area contributed by atoms with Crippen LogP contribution in [0.15, 0.2) is 36.4 Å². The van der Waals surface area contributed by atoms with Crippen LogP contribution < -0.4 is 10.5 Å². The number of rotatable bonds is 6. The first-order valence-electron chi connectivity index (χ1n) is 7.10. The van der Waals surface area contributed by atoms with Crippen molar-refractivity contribution >= 4 is 16.7 Å². The van der Waals surface area contributed by atoms with E-state index in [1.165, 1.54) is 7.11 Å². The van der Waals surface area contributed by atoms with Gasteiger partial charge in [-0.2, -0.15) is 0 Å². The van der Waals surface area contributed by atoms with Gasteiger partial charge >= 0.3 is 5.97 Å². The van der Waals surface area contributed by atoms with E-state index in [0.29, 0.717) is 19.4 Å². The highest BCUT2D eigenvalue weighted by atomic mass is 16.5. The molecule has 0 saturated carbocycles. The van der Waals surface area contributed by atoms with Crippen LogP contribution in [0.3, 0.4) is 0 Å². The molecule has 1 atom stereocenters. The molecule has 2 aromatic rings. The Hall–Kier alpha value is -2.07. The van der Waals surface area contributed by atoms with E-state index in [4.69, 9.17) is 10.5 Å². The van der Waals surface area contributed by atoms with Gasteiger partial charge in [0.1, 0.15) is 5.75 Å². The van der Waals surface area contributed by atoms with Crippen molar-refractivity contribution < 1.29 is 14.3 Å². The van der Waals surface area contributed by atoms with E-state index in [9.17, 15) is 4.79 Å². The Morgan fingerprint density at radius 1 is 1.24 bits per heavy atom. The SMILES string of the molecule is COC(=O)CCCOc1c([C@@H](C)N)ccc2ccccc12. The average molecular weight is 287 g/mol. The molecule has 0 saturated heterocycles. The zero-order valence-corrected chi connectivity index (χ0v) is 12.5. The number of esters is 1. The molecule has 2 rings (SSSR count). The number of fused-ring (bicyclic) bond motifs is 1. The van der Waals surface area contributed by atoms with Crippen molar-refractivity contribution in [2.45, 2.75) is 25.8 Å². The number of hydrogen-bond donors (Lipinski definition) is 1. The Morgan fingerprint density at radius 2 is 2.00 bits per heavy atom. The van der Waals surface area contributed by atoms with Gasteiger partial charge in [0.2, 0.25) is 0 Å². The van der Waals surface area contributed by atoms with Gasteiger partial charge in [0, 0.05) is 23.4 Å². The van der Waals surface area contributed by atoms with Crippen LogP contribution in [0.25, 0.3) is 10.8 Å². The number of carbonyl (C=O) groups excluding carboxylic acids is 1. The fraction of sp³-hybridized carbons (Fsp3) is 0.353. The molecule has 112 valence electrons. The molecule has 0 aliphatic heterocycles. The summed E-state index contributed by atoms with van der Waals surface area (Å²) in [5.74, 6) is 0.594. The molecule has 0 fully saturated rings. The van der Waals surface area contributed by atoms with E-state index in [0.717, 1.165) is 22.1 Å². The van der Waals surface area contributed by atoms with Crippen LogP contribution in [0.5, 0.6) is 5.75 Å². The molecule has 0 amide bonds. The van der Waals surface area contributed by atoms with Gasteiger partial charge < -0.3 is 15.2 Å². The van der Waals surface area contributed by atoms with Crippen LogP contribution in [0.2, 0.25) is 0 Å². The minimum Gasteiger partial charge on any atom is -0.493 e. The first-order chi connectivity index (χ1) is 10.1. The molecule has 0 heterocycles. The van der Waals surface area contributed by atoms with Crippen LogP contribution in [0.1, 0.15) is 31.4 Å². The van der Waals surface area contributed by atoms with Crippen molar-refractivity contribution in [1.29, 1.82) is 0 Å². The Labute approximate surface area is 124 Å². The van der Waals surface area contributed by atoms with Gasteiger partial charge in [0.05, 0.1) is 13.7 Å². The minimum absolute atomic E-state index is 0.106. The van der Waals surface area contributed by atoms with Gasteiger partial charge in [0.25, 0.3) is 0 Å². The normalized spacial score (nSPS) is 12.1. The number of hydrogen-bond acceptors (Lipinski definition) is 4. The molecule has 0 radical (unpaired) electrons. The smallest absolute Gasteiger partial charge is 0.305 e. The fourth-order valence-electron chi connectivity index (χ4n) is 2.27. The van der Waals surface area contributed by atoms with Gasteiger partial charge in [-0.1, -0.05) is 36.4 Å². The second-order valence-corrected chi connectivity index (χ2v) is 5.02. The van der Waals surface area contributed by atoms with Gasteiger partial charge in [-0.3, -0.25) is 4.79 Å². The summed E-state index contributed by atoms with van der Waals surface area (Å²) in [6.07, 6.45) is 0.975. The van der Waals surface area contributed by atoms with E-state index >= 15 is 0 Å². The third-order valence-corrected chi connectivity index (χ3v) is 3.40. The third kappa shape index (κ3) is 3.73. The van der Waals surface area contributed by atoms with Gasteiger partial charge in [0.15, 0.2) is 0 Å². The lowest BCUT2D eigenvalue weighted by molar-refractivity contribution is -0.140. The molecule has 4 heteroatoms. The number of methoxy groups -OCH3 is 1. The lowest BCUT2D eigenvalue weighted by atomic mass is 10.0. The van der Waals surface area contributed by atoms with Crippen LogP contribution in [0, 0.1) is 0 Å². The summed E-state index contributed by atoms with van der Waals surface area (Å²) in [6, 6.07) is 12.0. The van der Waals surface area contributed by atoms with Gasteiger partial charge in [-0.05, 0) is 18.7 Å². The first kappa shape index (κ1) is 15.3. The highest BCUT2D eigenvalue weighted by Gasteiger charge is 2.12. The summed E-state index contributed by atoms with van der Waals surface area (Å²) >= 11 is 0. The first-order valence-corrected chi connectivity index (χ1v) is 7.10. The largest absolute Gasteiger partial charge is 0.493 e. The second-order valence-electron chi connectivity index (χ2n) is 5.02. The van der Waals surface area contributed by atoms with Crippen LogP contribution in [-0.4, -0.2) is 19.7 Å². The fourth-order valence-corrected chi connectivity index (χ4v) is 2.27. The molecule has 2 aromatic carbocycles. The maximum atomic E-state index is 11.1. The summed E-state index contributed by atoms with van der Waals surface area (Å²) in [5.41, 5.74) is 7.00. The topological polar surface area (TPSA) is 61.5 Å². The van der Waals surface area contributed by atoms with Crippen molar-refractivity contribution in [3.8, 4) is 5.75 Å². The molecule has 21 heavy (non-hydrogen) atoms. The average Bonchev–Trinajstić information content (AvgIpc) is 2.50. The molecule has 0 aliphatic rings. The van der Waals surface area contributed by atoms with Crippen LogP contribution >= 0.6 is 0 Å². The molecule has 0 bridgehead atoms. The van der Waals surface area contributed by atoms with E-state index < -0.39 is 0 Å². The van der Waals surface area contributed by atoms with Gasteiger partial charge in [-0.25, -0.2) is 0 Å². The molecule has 2 N–H and O–H groups in total. The molecular formula is C17H21NO3. The Morgan fingerprint density at radius 3 is 2.71 bits per heavy atom. The molecule has 0 aliphatic carbocycles. The number of ether oxygens (including phenoxy) is 2. The van der Waals surface area contributed by atoms with Crippen molar-refractivity contribution in [1.82, 2.24) is 0 Å². The second kappa shape index (κ2) is 7.09. The highest BCUT2D eigenvalue weighted by Crippen LogP contribution is 2.33.